The van der Waals surface area contributed by atoms with Crippen LogP contribution in [0.3, 0.4) is 0 Å². The van der Waals surface area contributed by atoms with Gasteiger partial charge in [0, 0.05) is 0 Å². The highest BCUT2D eigenvalue weighted by atomic mass is 16.3. The van der Waals surface area contributed by atoms with Crippen LogP contribution < -0.4 is 0 Å². The van der Waals surface area contributed by atoms with Crippen LogP contribution in [-0.4, -0.2) is 20.3 Å². The van der Waals surface area contributed by atoms with Gasteiger partial charge in [0.15, 0.2) is 11.4 Å². The molecule has 0 aromatic carbocycles. The van der Waals surface area contributed by atoms with Crippen molar-refractivity contribution in [3.8, 4) is 12.1 Å². The molecular formula is C11H14N4O. The predicted molar refractivity (Wildman–Crippen MR) is 57.2 cm³/mol. The Morgan fingerprint density at radius 2 is 2.00 bits per heavy atom. The lowest BCUT2D eigenvalue weighted by atomic mass is 9.97. The van der Waals surface area contributed by atoms with Gasteiger partial charge in [-0.1, -0.05) is 13.8 Å². The first-order valence-electron chi connectivity index (χ1n) is 5.18. The van der Waals surface area contributed by atoms with Crippen LogP contribution in [0.15, 0.2) is 6.33 Å². The third-order valence-electron chi connectivity index (χ3n) is 2.83. The number of nitrogens with zero attached hydrogens (tertiary/aromatic N) is 4. The molecule has 84 valence electrons. The standard InChI is InChI=1S/C11H14N4O/c1-3-11(16,4-2)7-15-8-14-9(5-12)10(15)6-13/h8,16H,3-4,7H2,1-2H3. The topological polar surface area (TPSA) is 85.6 Å². The Hall–Kier alpha value is -1.85. The minimum Gasteiger partial charge on any atom is -0.388 e. The van der Waals surface area contributed by atoms with Crippen molar-refractivity contribution in [3.05, 3.63) is 17.7 Å². The maximum atomic E-state index is 10.1. The molecular weight excluding hydrogens is 204 g/mol. The molecule has 0 atom stereocenters. The average molecular weight is 218 g/mol. The molecule has 0 saturated heterocycles. The molecule has 16 heavy (non-hydrogen) atoms. The summed E-state index contributed by atoms with van der Waals surface area (Å²) in [6, 6.07) is 3.79. The molecule has 1 N–H and O–H groups in total. The van der Waals surface area contributed by atoms with Gasteiger partial charge in [0.2, 0.25) is 0 Å². The lowest BCUT2D eigenvalue weighted by Crippen LogP contribution is -2.32. The van der Waals surface area contributed by atoms with E-state index in [0.717, 1.165) is 0 Å². The van der Waals surface area contributed by atoms with Crippen LogP contribution in [0.1, 0.15) is 38.1 Å². The smallest absolute Gasteiger partial charge is 0.176 e. The van der Waals surface area contributed by atoms with Gasteiger partial charge in [-0.05, 0) is 12.8 Å². The zero-order chi connectivity index (χ0) is 12.2. The van der Waals surface area contributed by atoms with Gasteiger partial charge in [-0.25, -0.2) is 4.98 Å². The zero-order valence-corrected chi connectivity index (χ0v) is 9.43. The van der Waals surface area contributed by atoms with Crippen LogP contribution in [-0.2, 0) is 6.54 Å². The molecule has 5 nitrogen and oxygen atoms in total. The number of hydrogen-bond donors (Lipinski definition) is 1. The van der Waals surface area contributed by atoms with E-state index in [1.54, 1.807) is 0 Å². The summed E-state index contributed by atoms with van der Waals surface area (Å²) in [5, 5.41) is 27.8. The number of aromatic nitrogens is 2. The molecule has 0 fully saturated rings. The summed E-state index contributed by atoms with van der Waals surface area (Å²) in [6.45, 7) is 4.06. The van der Waals surface area contributed by atoms with Crippen LogP contribution >= 0.6 is 0 Å². The average Bonchev–Trinajstić information content (AvgIpc) is 2.70. The van der Waals surface area contributed by atoms with Gasteiger partial charge in [-0.2, -0.15) is 10.5 Å². The molecule has 0 aliphatic rings. The first kappa shape index (κ1) is 12.2. The molecule has 5 heteroatoms. The Balaban J connectivity index is 3.04. The Morgan fingerprint density at radius 3 is 2.44 bits per heavy atom. The fourth-order valence-corrected chi connectivity index (χ4v) is 1.49. The molecule has 1 rings (SSSR count). The van der Waals surface area contributed by atoms with E-state index >= 15 is 0 Å². The lowest BCUT2D eigenvalue weighted by molar-refractivity contribution is 0.0148. The van der Waals surface area contributed by atoms with Crippen LogP contribution in [0.2, 0.25) is 0 Å². The lowest BCUT2D eigenvalue weighted by Gasteiger charge is -2.25. The summed E-state index contributed by atoms with van der Waals surface area (Å²) >= 11 is 0. The predicted octanol–water partition coefficient (Wildman–Crippen LogP) is 1.18. The van der Waals surface area contributed by atoms with Gasteiger partial charge < -0.3 is 9.67 Å². The van der Waals surface area contributed by atoms with Crippen molar-refractivity contribution in [3.63, 3.8) is 0 Å². The van der Waals surface area contributed by atoms with E-state index in [1.165, 1.54) is 10.9 Å². The summed E-state index contributed by atoms with van der Waals surface area (Å²) in [4.78, 5) is 3.83. The molecule has 0 aliphatic heterocycles. The largest absolute Gasteiger partial charge is 0.388 e. The summed E-state index contributed by atoms with van der Waals surface area (Å²) in [7, 11) is 0. The van der Waals surface area contributed by atoms with E-state index in [0.29, 0.717) is 12.8 Å². The summed E-state index contributed by atoms with van der Waals surface area (Å²) in [5.74, 6) is 0. The fourth-order valence-electron chi connectivity index (χ4n) is 1.49. The third kappa shape index (κ3) is 2.21. The van der Waals surface area contributed by atoms with E-state index < -0.39 is 5.60 Å². The van der Waals surface area contributed by atoms with Crippen molar-refractivity contribution < 1.29 is 5.11 Å². The van der Waals surface area contributed by atoms with Gasteiger partial charge in [0.05, 0.1) is 18.5 Å². The molecule has 1 aromatic rings. The second-order valence-electron chi connectivity index (χ2n) is 3.72. The Bertz CT molecular complexity index is 446. The Kier molecular flexibility index (Phi) is 3.65. The maximum Gasteiger partial charge on any atom is 0.176 e. The van der Waals surface area contributed by atoms with Gasteiger partial charge in [-0.15, -0.1) is 0 Å². The SMILES string of the molecule is CCC(O)(CC)Cn1cnc(C#N)c1C#N. The summed E-state index contributed by atoms with van der Waals surface area (Å²) in [6.07, 6.45) is 2.61. The number of aliphatic hydroxyl groups is 1. The quantitative estimate of drug-likeness (QED) is 0.822. The highest BCUT2D eigenvalue weighted by Gasteiger charge is 2.24. The van der Waals surface area contributed by atoms with E-state index in [4.69, 9.17) is 10.5 Å². The molecule has 0 unspecified atom stereocenters. The minimum absolute atomic E-state index is 0.108. The number of hydrogen-bond acceptors (Lipinski definition) is 4. The van der Waals surface area contributed by atoms with Gasteiger partial charge in [-0.3, -0.25) is 0 Å². The van der Waals surface area contributed by atoms with Crippen LogP contribution in [0.25, 0.3) is 0 Å². The molecule has 0 saturated carbocycles. The second kappa shape index (κ2) is 4.78. The van der Waals surface area contributed by atoms with Crippen molar-refractivity contribution in [1.29, 1.82) is 10.5 Å². The molecule has 1 aromatic heterocycles. The van der Waals surface area contributed by atoms with E-state index in [-0.39, 0.29) is 17.9 Å². The highest BCUT2D eigenvalue weighted by molar-refractivity contribution is 5.36. The van der Waals surface area contributed by atoms with Crippen LogP contribution in [0.5, 0.6) is 0 Å². The fraction of sp³-hybridized carbons (Fsp3) is 0.545. The van der Waals surface area contributed by atoms with Crippen molar-refractivity contribution in [2.45, 2.75) is 38.8 Å². The van der Waals surface area contributed by atoms with Gasteiger partial charge >= 0.3 is 0 Å². The summed E-state index contributed by atoms with van der Waals surface area (Å²) < 4.78 is 1.53. The third-order valence-corrected chi connectivity index (χ3v) is 2.83. The first-order chi connectivity index (χ1) is 7.60. The normalized spacial score (nSPS) is 10.8. The van der Waals surface area contributed by atoms with Crippen LogP contribution in [0.4, 0.5) is 0 Å². The van der Waals surface area contributed by atoms with Crippen molar-refractivity contribution in [2.24, 2.45) is 0 Å². The monoisotopic (exact) mass is 218 g/mol. The van der Waals surface area contributed by atoms with Crippen molar-refractivity contribution in [2.75, 3.05) is 0 Å². The molecule has 0 radical (unpaired) electrons. The van der Waals surface area contributed by atoms with Gasteiger partial charge in [0.1, 0.15) is 12.1 Å². The van der Waals surface area contributed by atoms with E-state index in [9.17, 15) is 5.11 Å². The summed E-state index contributed by atoms with van der Waals surface area (Å²) in [5.41, 5.74) is -0.529. The first-order valence-corrected chi connectivity index (χ1v) is 5.18. The Morgan fingerprint density at radius 1 is 1.38 bits per heavy atom. The van der Waals surface area contributed by atoms with E-state index in [1.807, 2.05) is 26.0 Å². The zero-order valence-electron chi connectivity index (χ0n) is 9.43. The molecule has 0 bridgehead atoms. The van der Waals surface area contributed by atoms with Gasteiger partial charge in [0.25, 0.3) is 0 Å². The number of rotatable bonds is 4. The Labute approximate surface area is 94.6 Å². The minimum atomic E-state index is -0.848. The molecule has 0 aliphatic carbocycles. The van der Waals surface area contributed by atoms with E-state index in [2.05, 4.69) is 4.98 Å². The van der Waals surface area contributed by atoms with Crippen LogP contribution in [0, 0.1) is 22.7 Å². The highest BCUT2D eigenvalue weighted by Crippen LogP contribution is 2.19. The molecule has 1 heterocycles. The second-order valence-corrected chi connectivity index (χ2v) is 3.72. The maximum absolute atomic E-state index is 10.1. The molecule has 0 spiro atoms. The van der Waals surface area contributed by atoms with Crippen molar-refractivity contribution >= 4 is 0 Å². The molecule has 0 amide bonds. The van der Waals surface area contributed by atoms with Crippen molar-refractivity contribution in [1.82, 2.24) is 9.55 Å². The number of nitriles is 2. The number of imidazole rings is 1.